The van der Waals surface area contributed by atoms with Gasteiger partial charge in [0.2, 0.25) is 5.95 Å². The number of nitrogens with one attached hydrogen (secondary N) is 1. The molecule has 10 heteroatoms. The zero-order chi connectivity index (χ0) is 19.0. The molecule has 1 N–H and O–H groups in total. The summed E-state index contributed by atoms with van der Waals surface area (Å²) in [6, 6.07) is 7.05. The molecule has 1 aliphatic rings. The monoisotopic (exact) mass is 383 g/mol. The molecule has 2 aromatic heterocycles. The number of nitro benzene ring substituents is 1. The van der Waals surface area contributed by atoms with Crippen molar-refractivity contribution in [2.75, 3.05) is 23.3 Å². The highest BCUT2D eigenvalue weighted by atomic mass is 32.1. The second-order valence-corrected chi connectivity index (χ2v) is 7.50. The highest BCUT2D eigenvalue weighted by molar-refractivity contribution is 7.16. The molecule has 0 bridgehead atoms. The quantitative estimate of drug-likeness (QED) is 0.544. The zero-order valence-corrected chi connectivity index (χ0v) is 15.4. The molecule has 0 amide bonds. The lowest BCUT2D eigenvalue weighted by Crippen LogP contribution is -2.43. The molecule has 1 unspecified atom stereocenters. The SMILES string of the molecule is Cn1c(N2CCCC(Nc3ncc(C#N)s3)C2)nc2cc([N+](=O)[O-])ccc21. The first-order chi connectivity index (χ1) is 13.0. The number of piperidine rings is 1. The number of hydrogen-bond donors (Lipinski definition) is 1. The lowest BCUT2D eigenvalue weighted by Gasteiger charge is -2.33. The number of aromatic nitrogens is 3. The number of non-ortho nitro benzene ring substituents is 1. The molecule has 3 aromatic rings. The smallest absolute Gasteiger partial charge is 0.271 e. The van der Waals surface area contributed by atoms with Gasteiger partial charge in [0.15, 0.2) is 5.13 Å². The lowest BCUT2D eigenvalue weighted by atomic mass is 10.1. The number of fused-ring (bicyclic) bond motifs is 1. The third-order valence-corrected chi connectivity index (χ3v) is 5.53. The molecule has 1 fully saturated rings. The molecule has 138 valence electrons. The van der Waals surface area contributed by atoms with E-state index >= 15 is 0 Å². The van der Waals surface area contributed by atoms with E-state index in [2.05, 4.69) is 26.3 Å². The Morgan fingerprint density at radius 3 is 3.07 bits per heavy atom. The van der Waals surface area contributed by atoms with Gasteiger partial charge < -0.3 is 14.8 Å². The van der Waals surface area contributed by atoms with Gasteiger partial charge in [0.1, 0.15) is 10.9 Å². The van der Waals surface area contributed by atoms with Gasteiger partial charge >= 0.3 is 0 Å². The van der Waals surface area contributed by atoms with Gasteiger partial charge in [0.25, 0.3) is 5.69 Å². The summed E-state index contributed by atoms with van der Waals surface area (Å²) in [6.45, 7) is 1.62. The van der Waals surface area contributed by atoms with Crippen LogP contribution in [0.1, 0.15) is 17.7 Å². The number of thiazole rings is 1. The van der Waals surface area contributed by atoms with E-state index in [1.54, 1.807) is 12.3 Å². The van der Waals surface area contributed by atoms with E-state index in [-0.39, 0.29) is 11.7 Å². The summed E-state index contributed by atoms with van der Waals surface area (Å²) in [5, 5.41) is 24.1. The average molecular weight is 383 g/mol. The van der Waals surface area contributed by atoms with Crippen LogP contribution in [0.3, 0.4) is 0 Å². The Morgan fingerprint density at radius 1 is 1.48 bits per heavy atom. The van der Waals surface area contributed by atoms with E-state index in [9.17, 15) is 10.1 Å². The Balaban J connectivity index is 1.56. The Labute approximate surface area is 159 Å². The fraction of sp³-hybridized carbons (Fsp3) is 0.353. The standard InChI is InChI=1S/C17H17N7O2S/c1-22-15-5-4-12(24(25)26)7-14(15)21-17(22)23-6-2-3-11(10-23)20-16-19-9-13(8-18)27-16/h4-5,7,9,11H,2-3,6,10H2,1H3,(H,19,20). The van der Waals surface area contributed by atoms with Gasteiger partial charge in [-0.05, 0) is 18.9 Å². The Bertz CT molecular complexity index is 1050. The van der Waals surface area contributed by atoms with Crippen LogP contribution in [0.2, 0.25) is 0 Å². The van der Waals surface area contributed by atoms with Crippen molar-refractivity contribution in [3.8, 4) is 6.07 Å². The van der Waals surface area contributed by atoms with E-state index < -0.39 is 4.92 Å². The number of hydrogen-bond acceptors (Lipinski definition) is 8. The topological polar surface area (TPSA) is 113 Å². The second kappa shape index (κ2) is 6.85. The highest BCUT2D eigenvalue weighted by Gasteiger charge is 2.24. The summed E-state index contributed by atoms with van der Waals surface area (Å²) in [6.07, 6.45) is 3.58. The van der Waals surface area contributed by atoms with Crippen LogP contribution in [0.4, 0.5) is 16.8 Å². The number of rotatable bonds is 4. The minimum Gasteiger partial charge on any atom is -0.357 e. The summed E-state index contributed by atoms with van der Waals surface area (Å²) >= 11 is 1.35. The van der Waals surface area contributed by atoms with Crippen molar-refractivity contribution in [1.29, 1.82) is 5.26 Å². The Morgan fingerprint density at radius 2 is 2.33 bits per heavy atom. The van der Waals surface area contributed by atoms with Crippen LogP contribution in [-0.4, -0.2) is 38.6 Å². The van der Waals surface area contributed by atoms with E-state index in [4.69, 9.17) is 5.26 Å². The van der Waals surface area contributed by atoms with Gasteiger partial charge in [-0.25, -0.2) is 9.97 Å². The minimum atomic E-state index is -0.405. The van der Waals surface area contributed by atoms with Crippen LogP contribution >= 0.6 is 11.3 Å². The van der Waals surface area contributed by atoms with Crippen molar-refractivity contribution in [1.82, 2.24) is 14.5 Å². The molecular formula is C17H17N7O2S. The Kier molecular flexibility index (Phi) is 4.37. The highest BCUT2D eigenvalue weighted by Crippen LogP contribution is 2.28. The maximum absolute atomic E-state index is 11.0. The average Bonchev–Trinajstić information content (AvgIpc) is 3.26. The number of benzene rings is 1. The van der Waals surface area contributed by atoms with Crippen molar-refractivity contribution in [3.63, 3.8) is 0 Å². The van der Waals surface area contributed by atoms with Crippen LogP contribution in [0.15, 0.2) is 24.4 Å². The normalized spacial score (nSPS) is 17.0. The molecule has 9 nitrogen and oxygen atoms in total. The predicted molar refractivity (Wildman–Crippen MR) is 103 cm³/mol. The fourth-order valence-corrected chi connectivity index (χ4v) is 4.11. The molecule has 0 saturated carbocycles. The van der Waals surface area contributed by atoms with Crippen LogP contribution in [0.25, 0.3) is 11.0 Å². The van der Waals surface area contributed by atoms with E-state index in [1.807, 2.05) is 11.6 Å². The number of nitro groups is 1. The van der Waals surface area contributed by atoms with E-state index in [0.29, 0.717) is 10.4 Å². The largest absolute Gasteiger partial charge is 0.357 e. The van der Waals surface area contributed by atoms with Crippen LogP contribution < -0.4 is 10.2 Å². The third-order valence-electron chi connectivity index (χ3n) is 4.70. The van der Waals surface area contributed by atoms with Crippen LogP contribution in [0, 0.1) is 21.4 Å². The van der Waals surface area contributed by atoms with Gasteiger partial charge in [0, 0.05) is 38.3 Å². The number of aryl methyl sites for hydroxylation is 1. The molecular weight excluding hydrogens is 366 g/mol. The Hall–Kier alpha value is -3.19. The molecule has 0 radical (unpaired) electrons. The third kappa shape index (κ3) is 3.29. The van der Waals surface area contributed by atoms with Crippen LogP contribution in [-0.2, 0) is 7.05 Å². The summed E-state index contributed by atoms with van der Waals surface area (Å²) in [7, 11) is 1.92. The lowest BCUT2D eigenvalue weighted by molar-refractivity contribution is -0.384. The number of anilines is 2. The van der Waals surface area contributed by atoms with E-state index in [0.717, 1.165) is 42.5 Å². The van der Waals surface area contributed by atoms with Gasteiger partial charge in [-0.15, -0.1) is 0 Å². The van der Waals surface area contributed by atoms with Gasteiger partial charge in [-0.2, -0.15) is 5.26 Å². The summed E-state index contributed by atoms with van der Waals surface area (Å²) in [5.74, 6) is 0.800. The maximum atomic E-state index is 11.0. The van der Waals surface area contributed by atoms with Gasteiger partial charge in [-0.3, -0.25) is 10.1 Å². The minimum absolute atomic E-state index is 0.0439. The number of nitrogens with zero attached hydrogens (tertiary/aromatic N) is 6. The molecule has 4 rings (SSSR count). The predicted octanol–water partition coefficient (Wildman–Crippen LogP) is 2.89. The summed E-state index contributed by atoms with van der Waals surface area (Å²) < 4.78 is 1.97. The maximum Gasteiger partial charge on any atom is 0.271 e. The second-order valence-electron chi connectivity index (χ2n) is 6.47. The molecule has 27 heavy (non-hydrogen) atoms. The molecule has 1 saturated heterocycles. The molecule has 3 heterocycles. The summed E-state index contributed by atoms with van der Waals surface area (Å²) in [5.41, 5.74) is 1.53. The van der Waals surface area contributed by atoms with Gasteiger partial charge in [-0.1, -0.05) is 11.3 Å². The van der Waals surface area contributed by atoms with Crippen molar-refractivity contribution in [3.05, 3.63) is 39.4 Å². The zero-order valence-electron chi connectivity index (χ0n) is 14.6. The summed E-state index contributed by atoms with van der Waals surface area (Å²) in [4.78, 5) is 22.2. The molecule has 1 aliphatic heterocycles. The fourth-order valence-electron chi connectivity index (χ4n) is 3.42. The van der Waals surface area contributed by atoms with Crippen molar-refractivity contribution in [2.45, 2.75) is 18.9 Å². The first-order valence-electron chi connectivity index (χ1n) is 8.53. The molecule has 0 spiro atoms. The van der Waals surface area contributed by atoms with E-state index in [1.165, 1.54) is 23.5 Å². The molecule has 1 atom stereocenters. The molecule has 1 aromatic carbocycles. The van der Waals surface area contributed by atoms with Crippen molar-refractivity contribution in [2.24, 2.45) is 7.05 Å². The number of imidazole rings is 1. The van der Waals surface area contributed by atoms with Crippen molar-refractivity contribution < 1.29 is 4.92 Å². The number of nitriles is 1. The molecule has 0 aliphatic carbocycles. The first-order valence-corrected chi connectivity index (χ1v) is 9.35. The van der Waals surface area contributed by atoms with Crippen LogP contribution in [0.5, 0.6) is 0 Å². The van der Waals surface area contributed by atoms with Gasteiger partial charge in [0.05, 0.1) is 22.2 Å². The van der Waals surface area contributed by atoms with Crippen molar-refractivity contribution >= 4 is 39.1 Å². The first kappa shape index (κ1) is 17.2.